The molecule has 1 aromatic carbocycles. The molecule has 2 aliphatic carbocycles. The Labute approximate surface area is 196 Å². The van der Waals surface area contributed by atoms with E-state index in [0.717, 1.165) is 24.1 Å². The zero-order valence-electron chi connectivity index (χ0n) is 18.1. The lowest BCUT2D eigenvalue weighted by Crippen LogP contribution is -2.41. The topological polar surface area (TPSA) is 131 Å². The number of rotatable bonds is 6. The number of halogens is 1. The smallest absolute Gasteiger partial charge is 0.229 e. The number of primary amides is 1. The van der Waals surface area contributed by atoms with Gasteiger partial charge in [0.05, 0.1) is 24.9 Å². The number of ether oxygens (including phenoxy) is 1. The SMILES string of the molecule is COc1c(Nc2ncc(Cl)c(N[C@@H]3[C@H](C(N)=O)[C@H]4C=C[C@@H]3C4)n2)ccc2c1CCCC(=O)N2. The second-order valence-corrected chi connectivity index (χ2v) is 9.04. The summed E-state index contributed by atoms with van der Waals surface area (Å²) >= 11 is 6.38. The highest BCUT2D eigenvalue weighted by atomic mass is 35.5. The molecule has 1 aliphatic heterocycles. The number of hydrogen-bond acceptors (Lipinski definition) is 7. The molecule has 2 heterocycles. The molecule has 0 spiro atoms. The minimum absolute atomic E-state index is 0.00186. The molecule has 2 amide bonds. The van der Waals surface area contributed by atoms with E-state index in [4.69, 9.17) is 22.1 Å². The number of hydrogen-bond donors (Lipinski definition) is 4. The van der Waals surface area contributed by atoms with Gasteiger partial charge in [-0.15, -0.1) is 0 Å². The molecule has 1 aromatic heterocycles. The highest BCUT2D eigenvalue weighted by molar-refractivity contribution is 6.32. The maximum atomic E-state index is 12.0. The van der Waals surface area contributed by atoms with Gasteiger partial charge in [-0.25, -0.2) is 4.98 Å². The molecular weight excluding hydrogens is 444 g/mol. The van der Waals surface area contributed by atoms with Crippen LogP contribution < -0.4 is 26.4 Å². The van der Waals surface area contributed by atoms with Crippen LogP contribution in [0.4, 0.5) is 23.1 Å². The molecule has 1 saturated carbocycles. The van der Waals surface area contributed by atoms with Crippen molar-refractivity contribution in [3.8, 4) is 5.75 Å². The molecule has 172 valence electrons. The zero-order chi connectivity index (χ0) is 23.1. The number of benzene rings is 1. The van der Waals surface area contributed by atoms with Crippen LogP contribution in [-0.4, -0.2) is 34.9 Å². The van der Waals surface area contributed by atoms with Gasteiger partial charge in [-0.1, -0.05) is 23.8 Å². The minimum atomic E-state index is -0.324. The molecule has 0 unspecified atom stereocenters. The van der Waals surface area contributed by atoms with Gasteiger partial charge in [-0.3, -0.25) is 9.59 Å². The summed E-state index contributed by atoms with van der Waals surface area (Å²) in [6, 6.07) is 3.50. The molecule has 5 N–H and O–H groups in total. The van der Waals surface area contributed by atoms with Crippen molar-refractivity contribution in [3.05, 3.63) is 41.1 Å². The third-order valence-electron chi connectivity index (χ3n) is 6.65. The van der Waals surface area contributed by atoms with Crippen LogP contribution in [0.1, 0.15) is 24.8 Å². The predicted octanol–water partition coefficient (Wildman–Crippen LogP) is 3.24. The lowest BCUT2D eigenvalue weighted by Gasteiger charge is -2.27. The van der Waals surface area contributed by atoms with E-state index in [0.29, 0.717) is 41.1 Å². The van der Waals surface area contributed by atoms with Crippen LogP contribution in [0.25, 0.3) is 0 Å². The van der Waals surface area contributed by atoms with E-state index in [1.54, 1.807) is 7.11 Å². The maximum absolute atomic E-state index is 12.0. The van der Waals surface area contributed by atoms with Gasteiger partial charge in [0.2, 0.25) is 17.8 Å². The van der Waals surface area contributed by atoms with E-state index < -0.39 is 0 Å². The number of nitrogens with one attached hydrogen (secondary N) is 3. The molecule has 3 aliphatic rings. The summed E-state index contributed by atoms with van der Waals surface area (Å²) in [6.07, 6.45) is 8.52. The van der Waals surface area contributed by atoms with Crippen molar-refractivity contribution in [1.82, 2.24) is 9.97 Å². The summed E-state index contributed by atoms with van der Waals surface area (Å²) in [5.74, 6) is 1.12. The first-order chi connectivity index (χ1) is 15.9. The second kappa shape index (κ2) is 8.55. The molecular formula is C23H25ClN6O3. The molecule has 4 atom stereocenters. The molecule has 2 bridgehead atoms. The number of aromatic nitrogens is 2. The van der Waals surface area contributed by atoms with Gasteiger partial charge in [-0.2, -0.15) is 4.98 Å². The number of anilines is 4. The highest BCUT2D eigenvalue weighted by Crippen LogP contribution is 2.45. The van der Waals surface area contributed by atoms with E-state index in [-0.39, 0.29) is 35.6 Å². The lowest BCUT2D eigenvalue weighted by atomic mass is 9.88. The van der Waals surface area contributed by atoms with Crippen LogP contribution in [0.3, 0.4) is 0 Å². The van der Waals surface area contributed by atoms with Crippen LogP contribution >= 0.6 is 11.6 Å². The van der Waals surface area contributed by atoms with Crippen molar-refractivity contribution in [1.29, 1.82) is 0 Å². The average Bonchev–Trinajstić information content (AvgIpc) is 3.33. The summed E-state index contributed by atoms with van der Waals surface area (Å²) in [5.41, 5.74) is 8.03. The van der Waals surface area contributed by atoms with E-state index in [9.17, 15) is 9.59 Å². The van der Waals surface area contributed by atoms with Crippen molar-refractivity contribution in [2.75, 3.05) is 23.1 Å². The summed E-state index contributed by atoms with van der Waals surface area (Å²) < 4.78 is 5.67. The lowest BCUT2D eigenvalue weighted by molar-refractivity contribution is -0.122. The van der Waals surface area contributed by atoms with Crippen LogP contribution in [-0.2, 0) is 16.0 Å². The van der Waals surface area contributed by atoms with Gasteiger partial charge < -0.3 is 26.4 Å². The van der Waals surface area contributed by atoms with E-state index >= 15 is 0 Å². The van der Waals surface area contributed by atoms with Gasteiger partial charge in [0.1, 0.15) is 10.8 Å². The minimum Gasteiger partial charge on any atom is -0.494 e. The Kier molecular flexibility index (Phi) is 5.57. The number of amides is 2. The average molecular weight is 469 g/mol. The first-order valence-electron chi connectivity index (χ1n) is 11.0. The number of nitrogens with zero attached hydrogens (tertiary/aromatic N) is 2. The number of allylic oxidation sites excluding steroid dienone is 1. The van der Waals surface area contributed by atoms with Gasteiger partial charge in [0.25, 0.3) is 0 Å². The molecule has 9 nitrogen and oxygen atoms in total. The van der Waals surface area contributed by atoms with Crippen LogP contribution in [0, 0.1) is 17.8 Å². The van der Waals surface area contributed by atoms with Crippen molar-refractivity contribution in [2.24, 2.45) is 23.5 Å². The van der Waals surface area contributed by atoms with Gasteiger partial charge in [-0.05, 0) is 43.2 Å². The summed E-state index contributed by atoms with van der Waals surface area (Å²) in [4.78, 5) is 32.8. The fraction of sp³-hybridized carbons (Fsp3) is 0.391. The van der Waals surface area contributed by atoms with E-state index in [1.165, 1.54) is 6.20 Å². The third kappa shape index (κ3) is 3.97. The first-order valence-corrected chi connectivity index (χ1v) is 11.4. The summed E-state index contributed by atoms with van der Waals surface area (Å²) in [6.45, 7) is 0. The fourth-order valence-corrected chi connectivity index (χ4v) is 5.32. The zero-order valence-corrected chi connectivity index (χ0v) is 18.9. The van der Waals surface area contributed by atoms with Gasteiger partial charge in [0.15, 0.2) is 5.82 Å². The summed E-state index contributed by atoms with van der Waals surface area (Å²) in [5, 5.41) is 9.81. The standard InChI is InChI=1S/C23H25ClN6O3/c1-33-20-13-3-2-4-17(31)27-15(13)7-8-16(20)28-23-26-10-14(24)22(30-23)29-19-12-6-5-11(9-12)18(19)21(25)32/h5-8,10-12,18-19H,2-4,9H2,1H3,(H2,25,32)(H,27,31)(H2,26,28,29,30)/t11-,12+,18+,19-/m0/s1. The molecule has 33 heavy (non-hydrogen) atoms. The largest absolute Gasteiger partial charge is 0.494 e. The molecule has 0 saturated heterocycles. The van der Waals surface area contributed by atoms with Crippen molar-refractivity contribution in [3.63, 3.8) is 0 Å². The Bertz CT molecular complexity index is 1150. The van der Waals surface area contributed by atoms with Gasteiger partial charge >= 0.3 is 0 Å². The Hall–Kier alpha value is -3.33. The molecule has 2 aromatic rings. The van der Waals surface area contributed by atoms with Gasteiger partial charge in [0, 0.05) is 23.7 Å². The molecule has 1 fully saturated rings. The third-order valence-corrected chi connectivity index (χ3v) is 6.93. The van der Waals surface area contributed by atoms with Crippen LogP contribution in [0.5, 0.6) is 5.75 Å². The highest BCUT2D eigenvalue weighted by Gasteiger charge is 2.47. The Morgan fingerprint density at radius 3 is 2.88 bits per heavy atom. The van der Waals surface area contributed by atoms with Crippen LogP contribution in [0.15, 0.2) is 30.5 Å². The Balaban J connectivity index is 1.41. The normalized spacial score (nSPS) is 25.2. The number of methoxy groups -OCH3 is 1. The van der Waals surface area contributed by atoms with E-state index in [1.807, 2.05) is 12.1 Å². The van der Waals surface area contributed by atoms with E-state index in [2.05, 4.69) is 38.1 Å². The number of carbonyl (C=O) groups is 2. The summed E-state index contributed by atoms with van der Waals surface area (Å²) in [7, 11) is 1.59. The quantitative estimate of drug-likeness (QED) is 0.478. The van der Waals surface area contributed by atoms with Crippen molar-refractivity contribution >= 4 is 46.6 Å². The maximum Gasteiger partial charge on any atom is 0.229 e. The number of fused-ring (bicyclic) bond motifs is 3. The fourth-order valence-electron chi connectivity index (χ4n) is 5.18. The number of carbonyl (C=O) groups excluding carboxylic acids is 2. The molecule has 10 heteroatoms. The van der Waals surface area contributed by atoms with Crippen molar-refractivity contribution < 1.29 is 14.3 Å². The molecule has 0 radical (unpaired) electrons. The Morgan fingerprint density at radius 2 is 2.09 bits per heavy atom. The predicted molar refractivity (Wildman–Crippen MR) is 126 cm³/mol. The first kappa shape index (κ1) is 21.5. The number of nitrogens with two attached hydrogens (primary N) is 1. The van der Waals surface area contributed by atoms with Crippen molar-refractivity contribution in [2.45, 2.75) is 31.7 Å². The second-order valence-electron chi connectivity index (χ2n) is 8.64. The van der Waals surface area contributed by atoms with Crippen LogP contribution in [0.2, 0.25) is 5.02 Å². The molecule has 5 rings (SSSR count). The monoisotopic (exact) mass is 468 g/mol. The Morgan fingerprint density at radius 1 is 1.27 bits per heavy atom.